The van der Waals surface area contributed by atoms with Crippen molar-refractivity contribution in [2.45, 2.75) is 110 Å². The molecule has 4 nitrogen and oxygen atoms in total. The minimum atomic E-state index is -0.972. The first-order chi connectivity index (χ1) is 12.2. The minimum Gasteiger partial charge on any atom is -0.550 e. The van der Waals surface area contributed by atoms with E-state index in [1.54, 1.807) is 0 Å². The molecule has 0 aliphatic rings. The van der Waals surface area contributed by atoms with Crippen LogP contribution in [-0.2, 0) is 24.3 Å². The van der Waals surface area contributed by atoms with Gasteiger partial charge in [-0.3, -0.25) is 0 Å². The van der Waals surface area contributed by atoms with Crippen LogP contribution in [0.1, 0.15) is 96.7 Å². The first kappa shape index (κ1) is 21.7. The molecule has 0 amide bonds. The Kier molecular flexibility index (Phi) is 12.1. The number of nitrogens with zero attached hydrogens (tertiary/aromatic N) is 2. The second-order valence-electron chi connectivity index (χ2n) is 7.16. The molecule has 1 aromatic rings. The fraction of sp³-hybridized carbons (Fsp3) is 0.810. The van der Waals surface area contributed by atoms with Gasteiger partial charge in [-0.2, -0.15) is 0 Å². The molecular weight excluding hydrogens is 312 g/mol. The zero-order valence-corrected chi connectivity index (χ0v) is 16.5. The van der Waals surface area contributed by atoms with Crippen LogP contribution in [0.4, 0.5) is 0 Å². The predicted molar refractivity (Wildman–Crippen MR) is 100 cm³/mol. The van der Waals surface area contributed by atoms with Gasteiger partial charge >= 0.3 is 0 Å². The molecule has 1 rings (SSSR count). The average Bonchev–Trinajstić information content (AvgIpc) is 2.97. The quantitative estimate of drug-likeness (QED) is 0.336. The number of carboxylic acids is 1. The third-order valence-corrected chi connectivity index (χ3v) is 4.86. The number of unbranched alkanes of at least 4 members (excludes halogenated alkanes) is 9. The molecule has 0 aliphatic carbocycles. The maximum absolute atomic E-state index is 10.7. The van der Waals surface area contributed by atoms with Crippen molar-refractivity contribution in [1.29, 1.82) is 0 Å². The third-order valence-electron chi connectivity index (χ3n) is 4.86. The summed E-state index contributed by atoms with van der Waals surface area (Å²) in [5.41, 5.74) is 0. The zero-order chi connectivity index (χ0) is 18.3. The van der Waals surface area contributed by atoms with Gasteiger partial charge in [0.05, 0.1) is 13.1 Å². The lowest BCUT2D eigenvalue weighted by Crippen LogP contribution is -2.37. The molecule has 0 saturated carbocycles. The van der Waals surface area contributed by atoms with Crippen LogP contribution in [0.3, 0.4) is 0 Å². The van der Waals surface area contributed by atoms with Crippen molar-refractivity contribution in [1.82, 2.24) is 4.57 Å². The topological polar surface area (TPSA) is 48.9 Å². The summed E-state index contributed by atoms with van der Waals surface area (Å²) in [5, 5.41) is 10.7. The summed E-state index contributed by atoms with van der Waals surface area (Å²) in [6, 6.07) is 0. The molecule has 1 heterocycles. The molecule has 0 spiro atoms. The highest BCUT2D eigenvalue weighted by molar-refractivity contribution is 5.64. The van der Waals surface area contributed by atoms with E-state index in [2.05, 4.69) is 29.2 Å². The molecule has 0 N–H and O–H groups in total. The lowest BCUT2D eigenvalue weighted by Gasteiger charge is -2.06. The lowest BCUT2D eigenvalue weighted by atomic mass is 10.1. The molecule has 0 aliphatic heterocycles. The van der Waals surface area contributed by atoms with Crippen LogP contribution in [-0.4, -0.2) is 10.5 Å². The number of carboxylic acid groups (broad SMARTS) is 1. The Hall–Kier alpha value is -1.32. The van der Waals surface area contributed by atoms with E-state index in [1.165, 1.54) is 70.0 Å². The Bertz CT molecular complexity index is 468. The Morgan fingerprint density at radius 2 is 1.56 bits per heavy atom. The fourth-order valence-electron chi connectivity index (χ4n) is 3.42. The van der Waals surface area contributed by atoms with Crippen LogP contribution in [0.25, 0.3) is 0 Å². The summed E-state index contributed by atoms with van der Waals surface area (Å²) >= 11 is 0. The second-order valence-corrected chi connectivity index (χ2v) is 7.16. The number of aromatic nitrogens is 2. The summed E-state index contributed by atoms with van der Waals surface area (Å²) in [6.45, 7) is 5.96. The van der Waals surface area contributed by atoms with Crippen molar-refractivity contribution in [2.24, 2.45) is 0 Å². The van der Waals surface area contributed by atoms with Gasteiger partial charge in [0.25, 0.3) is 5.82 Å². The van der Waals surface area contributed by atoms with Crippen molar-refractivity contribution in [3.63, 3.8) is 0 Å². The Labute approximate surface area is 154 Å². The van der Waals surface area contributed by atoms with Crippen molar-refractivity contribution < 1.29 is 14.5 Å². The summed E-state index contributed by atoms with van der Waals surface area (Å²) in [6.07, 6.45) is 19.7. The monoisotopic (exact) mass is 350 g/mol. The van der Waals surface area contributed by atoms with Crippen LogP contribution in [0.15, 0.2) is 12.4 Å². The molecule has 0 atom stereocenters. The molecule has 0 radical (unpaired) electrons. The van der Waals surface area contributed by atoms with E-state index >= 15 is 0 Å². The number of hydrogen-bond acceptors (Lipinski definition) is 2. The van der Waals surface area contributed by atoms with Gasteiger partial charge in [-0.15, -0.1) is 0 Å². The largest absolute Gasteiger partial charge is 0.550 e. The van der Waals surface area contributed by atoms with Crippen LogP contribution < -0.4 is 9.67 Å². The molecule has 0 fully saturated rings. The molecule has 1 aromatic heterocycles. The van der Waals surface area contributed by atoms with E-state index in [4.69, 9.17) is 0 Å². The maximum Gasteiger partial charge on any atom is 0.256 e. The van der Waals surface area contributed by atoms with E-state index < -0.39 is 5.97 Å². The number of carbonyl (C=O) groups excluding carboxylic acids is 1. The standard InChI is InChI=1S/C21H38N2O2/c1-3-5-6-7-8-9-10-11-12-13-14-20-22(16-4-2)18-19-23(20)17-15-21(24)25/h18-19H,3-17H2,1-2H3. The first-order valence-electron chi connectivity index (χ1n) is 10.5. The van der Waals surface area contributed by atoms with E-state index in [9.17, 15) is 9.90 Å². The van der Waals surface area contributed by atoms with Crippen LogP contribution in [0.2, 0.25) is 0 Å². The normalized spacial score (nSPS) is 11.1. The minimum absolute atomic E-state index is 0.0891. The number of aliphatic carboxylic acids is 1. The van der Waals surface area contributed by atoms with Crippen LogP contribution in [0.5, 0.6) is 0 Å². The Balaban J connectivity index is 2.25. The van der Waals surface area contributed by atoms with Gasteiger partial charge < -0.3 is 9.90 Å². The smallest absolute Gasteiger partial charge is 0.256 e. The average molecular weight is 351 g/mol. The summed E-state index contributed by atoms with van der Waals surface area (Å²) < 4.78 is 4.38. The number of rotatable bonds is 16. The number of aryl methyl sites for hydroxylation is 2. The van der Waals surface area contributed by atoms with Crippen LogP contribution in [0, 0.1) is 0 Å². The number of imidazole rings is 1. The zero-order valence-electron chi connectivity index (χ0n) is 16.5. The van der Waals surface area contributed by atoms with Crippen molar-refractivity contribution in [3.05, 3.63) is 18.2 Å². The fourth-order valence-corrected chi connectivity index (χ4v) is 3.42. The molecule has 0 unspecified atom stereocenters. The van der Waals surface area contributed by atoms with Gasteiger partial charge in [0, 0.05) is 18.8 Å². The highest BCUT2D eigenvalue weighted by atomic mass is 16.4. The molecular formula is C21H38N2O2. The summed E-state index contributed by atoms with van der Waals surface area (Å²) in [5.74, 6) is 0.295. The summed E-state index contributed by atoms with van der Waals surface area (Å²) in [4.78, 5) is 10.7. The van der Waals surface area contributed by atoms with Gasteiger partial charge in [0.15, 0.2) is 0 Å². The van der Waals surface area contributed by atoms with E-state index in [1.807, 2.05) is 6.20 Å². The van der Waals surface area contributed by atoms with Gasteiger partial charge in [0.1, 0.15) is 12.4 Å². The second kappa shape index (κ2) is 13.9. The maximum atomic E-state index is 10.7. The van der Waals surface area contributed by atoms with Gasteiger partial charge in [-0.05, 0) is 12.8 Å². The molecule has 144 valence electrons. The molecule has 4 heteroatoms. The molecule has 0 aromatic carbocycles. The lowest BCUT2D eigenvalue weighted by molar-refractivity contribution is -0.703. The number of carbonyl (C=O) groups is 1. The van der Waals surface area contributed by atoms with E-state index in [-0.39, 0.29) is 6.42 Å². The van der Waals surface area contributed by atoms with Crippen molar-refractivity contribution >= 4 is 5.97 Å². The Morgan fingerprint density at radius 1 is 0.960 bits per heavy atom. The number of hydrogen-bond donors (Lipinski definition) is 0. The molecule has 0 saturated heterocycles. The van der Waals surface area contributed by atoms with Crippen molar-refractivity contribution in [3.8, 4) is 0 Å². The molecule has 25 heavy (non-hydrogen) atoms. The highest BCUT2D eigenvalue weighted by Crippen LogP contribution is 2.12. The van der Waals surface area contributed by atoms with E-state index in [0.717, 1.165) is 19.4 Å². The van der Waals surface area contributed by atoms with Gasteiger partial charge in [-0.25, -0.2) is 9.13 Å². The molecule has 0 bridgehead atoms. The predicted octanol–water partition coefficient (Wildman–Crippen LogP) is 3.79. The summed E-state index contributed by atoms with van der Waals surface area (Å²) in [7, 11) is 0. The Morgan fingerprint density at radius 3 is 2.12 bits per heavy atom. The van der Waals surface area contributed by atoms with Crippen molar-refractivity contribution in [2.75, 3.05) is 0 Å². The highest BCUT2D eigenvalue weighted by Gasteiger charge is 2.15. The SMILES string of the molecule is CCCCCCCCCCCCc1n(CCC(=O)[O-])cc[n+]1CCC. The van der Waals surface area contributed by atoms with Gasteiger partial charge in [0.2, 0.25) is 0 Å². The van der Waals surface area contributed by atoms with E-state index in [0.29, 0.717) is 6.54 Å². The van der Waals surface area contributed by atoms with Gasteiger partial charge in [-0.1, -0.05) is 71.6 Å². The third kappa shape index (κ3) is 9.66. The first-order valence-corrected chi connectivity index (χ1v) is 10.5. The van der Waals surface area contributed by atoms with Crippen LogP contribution >= 0.6 is 0 Å².